The first-order valence-electron chi connectivity index (χ1n) is 4.45. The summed E-state index contributed by atoms with van der Waals surface area (Å²) in [6.07, 6.45) is 0.864. The second kappa shape index (κ2) is 6.66. The Kier molecular flexibility index (Phi) is 6.51. The molecule has 0 N–H and O–H groups in total. The highest BCUT2D eigenvalue weighted by Gasteiger charge is 2.44. The molecule has 0 fully saturated rings. The van der Waals surface area contributed by atoms with E-state index in [0.29, 0.717) is 6.61 Å². The van der Waals surface area contributed by atoms with Gasteiger partial charge in [-0.1, -0.05) is 78.1 Å². The molecule has 0 spiro atoms. The standard InChI is InChI=1S/C10H9Br5O/c11-9(12,13)10(14,15)16-7-6-8-4-2-1-3-5-8/h1-5H,6-7H2. The van der Waals surface area contributed by atoms with Gasteiger partial charge in [-0.15, -0.1) is 0 Å². The summed E-state index contributed by atoms with van der Waals surface area (Å²) < 4.78 is 4.43. The van der Waals surface area contributed by atoms with Gasteiger partial charge in [0.05, 0.1) is 6.61 Å². The number of benzene rings is 1. The van der Waals surface area contributed by atoms with E-state index in [0.717, 1.165) is 6.42 Å². The fourth-order valence-electron chi connectivity index (χ4n) is 1.02. The van der Waals surface area contributed by atoms with Crippen molar-refractivity contribution < 1.29 is 4.74 Å². The van der Waals surface area contributed by atoms with Crippen molar-refractivity contribution in [1.29, 1.82) is 0 Å². The van der Waals surface area contributed by atoms with Crippen LogP contribution in [0.1, 0.15) is 5.56 Å². The Morgan fingerprint density at radius 1 is 0.938 bits per heavy atom. The minimum Gasteiger partial charge on any atom is -0.351 e. The maximum absolute atomic E-state index is 5.69. The van der Waals surface area contributed by atoms with Gasteiger partial charge >= 0.3 is 0 Å². The Balaban J connectivity index is 2.42. The molecule has 0 heterocycles. The van der Waals surface area contributed by atoms with Crippen LogP contribution in [-0.4, -0.2) is 12.2 Å². The molecule has 1 aromatic rings. The number of rotatable bonds is 4. The molecule has 90 valence electrons. The summed E-state index contributed by atoms with van der Waals surface area (Å²) >= 11 is 17.1. The topological polar surface area (TPSA) is 9.23 Å². The number of halogens is 5. The van der Waals surface area contributed by atoms with Crippen LogP contribution >= 0.6 is 79.6 Å². The Morgan fingerprint density at radius 3 is 2.00 bits per heavy atom. The fraction of sp³-hybridized carbons (Fsp3) is 0.400. The van der Waals surface area contributed by atoms with E-state index < -0.39 is 5.56 Å². The maximum atomic E-state index is 5.69. The quantitative estimate of drug-likeness (QED) is 0.453. The van der Waals surface area contributed by atoms with Crippen molar-refractivity contribution in [2.24, 2.45) is 0 Å². The van der Waals surface area contributed by atoms with Crippen molar-refractivity contribution >= 4 is 79.6 Å². The molecule has 0 aliphatic rings. The lowest BCUT2D eigenvalue weighted by molar-refractivity contribution is 0.110. The van der Waals surface area contributed by atoms with Crippen LogP contribution in [0.15, 0.2) is 30.3 Å². The second-order valence-electron chi connectivity index (χ2n) is 3.10. The molecule has 0 radical (unpaired) electrons. The van der Waals surface area contributed by atoms with E-state index in [-0.39, 0.29) is 0 Å². The molecule has 0 aliphatic heterocycles. The molecule has 0 saturated heterocycles. The van der Waals surface area contributed by atoms with Crippen molar-refractivity contribution in [2.45, 2.75) is 12.0 Å². The summed E-state index contributed by atoms with van der Waals surface area (Å²) in [5.41, 5.74) is 1.25. The SMILES string of the molecule is BrC(Br)(Br)C(Br)(Br)OCCc1ccccc1. The highest BCUT2D eigenvalue weighted by atomic mass is 80.0. The van der Waals surface area contributed by atoms with Gasteiger partial charge in [-0.3, -0.25) is 0 Å². The molecular formula is C10H9Br5O. The van der Waals surface area contributed by atoms with Gasteiger partial charge < -0.3 is 4.74 Å². The molecule has 0 aliphatic carbocycles. The number of hydrogen-bond donors (Lipinski definition) is 0. The summed E-state index contributed by atoms with van der Waals surface area (Å²) in [6, 6.07) is 10.2. The van der Waals surface area contributed by atoms with Gasteiger partial charge in [-0.05, 0) is 43.8 Å². The van der Waals surface area contributed by atoms with Gasteiger partial charge in [0.15, 0.2) is 2.14 Å². The van der Waals surface area contributed by atoms with Crippen LogP contribution in [0.5, 0.6) is 0 Å². The highest BCUT2D eigenvalue weighted by Crippen LogP contribution is 2.53. The van der Waals surface area contributed by atoms with Gasteiger partial charge in [0.2, 0.25) is 3.42 Å². The van der Waals surface area contributed by atoms with Gasteiger partial charge in [0.1, 0.15) is 0 Å². The Bertz CT molecular complexity index is 320. The zero-order valence-corrected chi connectivity index (χ0v) is 16.0. The third-order valence-corrected chi connectivity index (χ3v) is 8.36. The van der Waals surface area contributed by atoms with Crippen LogP contribution in [-0.2, 0) is 11.2 Å². The average Bonchev–Trinajstić information content (AvgIpc) is 2.17. The third-order valence-electron chi connectivity index (χ3n) is 1.85. The van der Waals surface area contributed by atoms with Crippen LogP contribution in [0.25, 0.3) is 0 Å². The van der Waals surface area contributed by atoms with Crippen molar-refractivity contribution in [3.05, 3.63) is 35.9 Å². The summed E-state index contributed by atoms with van der Waals surface area (Å²) in [5, 5.41) is 0. The molecule has 1 aromatic carbocycles. The predicted molar refractivity (Wildman–Crippen MR) is 86.2 cm³/mol. The minimum atomic E-state index is -0.707. The molecule has 0 saturated carbocycles. The summed E-state index contributed by atoms with van der Waals surface area (Å²) in [6.45, 7) is 0.602. The third kappa shape index (κ3) is 5.06. The van der Waals surface area contributed by atoms with E-state index in [1.54, 1.807) is 0 Å². The first-order chi connectivity index (χ1) is 7.33. The normalized spacial score (nSPS) is 12.8. The molecule has 1 nitrogen and oxygen atoms in total. The Morgan fingerprint density at radius 2 is 1.50 bits per heavy atom. The van der Waals surface area contributed by atoms with E-state index in [4.69, 9.17) is 4.74 Å². The van der Waals surface area contributed by atoms with Crippen LogP contribution in [0.4, 0.5) is 0 Å². The summed E-state index contributed by atoms with van der Waals surface area (Å²) in [5.74, 6) is 0. The smallest absolute Gasteiger partial charge is 0.212 e. The van der Waals surface area contributed by atoms with Crippen LogP contribution in [0.2, 0.25) is 0 Å². The van der Waals surface area contributed by atoms with Crippen LogP contribution in [0, 0.1) is 0 Å². The molecule has 0 amide bonds. The van der Waals surface area contributed by atoms with Crippen LogP contribution in [0.3, 0.4) is 0 Å². The molecule has 6 heteroatoms. The largest absolute Gasteiger partial charge is 0.351 e. The van der Waals surface area contributed by atoms with E-state index in [1.807, 2.05) is 18.2 Å². The first kappa shape index (κ1) is 15.6. The minimum absolute atomic E-state index is 0.559. The molecule has 16 heavy (non-hydrogen) atoms. The number of ether oxygens (including phenoxy) is 1. The monoisotopic (exact) mass is 540 g/mol. The van der Waals surface area contributed by atoms with Gasteiger partial charge in [0.25, 0.3) is 0 Å². The summed E-state index contributed by atoms with van der Waals surface area (Å²) in [4.78, 5) is 0. The molecule has 0 bridgehead atoms. The van der Waals surface area contributed by atoms with Gasteiger partial charge in [-0.2, -0.15) is 0 Å². The van der Waals surface area contributed by atoms with Crippen LogP contribution < -0.4 is 0 Å². The predicted octanol–water partition coefficient (Wildman–Crippen LogP) is 5.53. The zero-order valence-electron chi connectivity index (χ0n) is 8.10. The van der Waals surface area contributed by atoms with Crippen molar-refractivity contribution in [2.75, 3.05) is 6.61 Å². The lowest BCUT2D eigenvalue weighted by Crippen LogP contribution is -2.32. The summed E-state index contributed by atoms with van der Waals surface area (Å²) in [7, 11) is 0. The lowest BCUT2D eigenvalue weighted by Gasteiger charge is -2.29. The van der Waals surface area contributed by atoms with E-state index in [1.165, 1.54) is 5.56 Å². The highest BCUT2D eigenvalue weighted by molar-refractivity contribution is 9.41. The zero-order chi connectivity index (χ0) is 12.2. The molecule has 0 unspecified atom stereocenters. The lowest BCUT2D eigenvalue weighted by atomic mass is 10.2. The number of alkyl halides is 5. The molecule has 0 atom stereocenters. The fourth-order valence-corrected chi connectivity index (χ4v) is 1.69. The van der Waals surface area contributed by atoms with E-state index in [9.17, 15) is 0 Å². The molecular weight excluding hydrogens is 536 g/mol. The van der Waals surface area contributed by atoms with Crippen molar-refractivity contribution in [1.82, 2.24) is 0 Å². The van der Waals surface area contributed by atoms with Gasteiger partial charge in [0, 0.05) is 0 Å². The average molecular weight is 545 g/mol. The molecule has 0 aromatic heterocycles. The maximum Gasteiger partial charge on any atom is 0.212 e. The first-order valence-corrected chi connectivity index (χ1v) is 8.42. The van der Waals surface area contributed by atoms with Crippen molar-refractivity contribution in [3.63, 3.8) is 0 Å². The van der Waals surface area contributed by atoms with E-state index in [2.05, 4.69) is 91.8 Å². The second-order valence-corrected chi connectivity index (χ2v) is 13.2. The Labute approximate surface area is 137 Å². The van der Waals surface area contributed by atoms with Crippen molar-refractivity contribution in [3.8, 4) is 0 Å². The Hall–Kier alpha value is 1.58. The molecule has 1 rings (SSSR count). The number of hydrogen-bond acceptors (Lipinski definition) is 1. The van der Waals surface area contributed by atoms with Gasteiger partial charge in [-0.25, -0.2) is 0 Å². The van der Waals surface area contributed by atoms with E-state index >= 15 is 0 Å².